The van der Waals surface area contributed by atoms with E-state index in [0.717, 1.165) is 20.6 Å². The van der Waals surface area contributed by atoms with Gasteiger partial charge in [0.2, 0.25) is 5.13 Å². The van der Waals surface area contributed by atoms with Crippen molar-refractivity contribution >= 4 is 56.1 Å². The minimum atomic E-state index is -0.376. The lowest BCUT2D eigenvalue weighted by atomic mass is 10.2. The van der Waals surface area contributed by atoms with Gasteiger partial charge in [0.15, 0.2) is 0 Å². The van der Waals surface area contributed by atoms with Crippen molar-refractivity contribution in [1.29, 1.82) is 0 Å². The zero-order valence-electron chi connectivity index (χ0n) is 15.9. The molecule has 154 valence electrons. The first-order valence-corrected chi connectivity index (χ1v) is 11.6. The molecule has 0 aliphatic rings. The number of thiazole rings is 1. The maximum atomic E-state index is 11.6. The molecule has 0 spiro atoms. The summed E-state index contributed by atoms with van der Waals surface area (Å²) in [4.78, 5) is 17.2. The van der Waals surface area contributed by atoms with Crippen LogP contribution >= 0.6 is 39.0 Å². The van der Waals surface area contributed by atoms with Gasteiger partial charge >= 0.3 is 0 Å². The van der Waals surface area contributed by atoms with E-state index in [1.54, 1.807) is 18.3 Å². The maximum absolute atomic E-state index is 11.6. The van der Waals surface area contributed by atoms with E-state index in [0.29, 0.717) is 15.6 Å². The number of rotatable bonds is 7. The van der Waals surface area contributed by atoms with Crippen molar-refractivity contribution in [2.24, 2.45) is 5.10 Å². The number of hydrogen-bond donors (Lipinski definition) is 1. The molecule has 1 aromatic heterocycles. The summed E-state index contributed by atoms with van der Waals surface area (Å²) in [7, 11) is 0. The SMILES string of the molecule is O=[N+]([O-])c1cc(C=NNc2nc(-c3ccccc3)cs2)ccc1Sc1ccc(Br)cc1. The van der Waals surface area contributed by atoms with E-state index < -0.39 is 0 Å². The van der Waals surface area contributed by atoms with Crippen LogP contribution in [0.5, 0.6) is 0 Å². The van der Waals surface area contributed by atoms with Crippen LogP contribution in [0, 0.1) is 10.1 Å². The highest BCUT2D eigenvalue weighted by Gasteiger charge is 2.15. The van der Waals surface area contributed by atoms with Gasteiger partial charge < -0.3 is 0 Å². The highest BCUT2D eigenvalue weighted by atomic mass is 79.9. The normalized spacial score (nSPS) is 11.0. The van der Waals surface area contributed by atoms with Crippen molar-refractivity contribution in [3.8, 4) is 11.3 Å². The van der Waals surface area contributed by atoms with Crippen molar-refractivity contribution in [2.75, 3.05) is 5.43 Å². The van der Waals surface area contributed by atoms with Crippen LogP contribution in [-0.4, -0.2) is 16.1 Å². The van der Waals surface area contributed by atoms with Crippen LogP contribution in [0.4, 0.5) is 10.8 Å². The lowest BCUT2D eigenvalue weighted by molar-refractivity contribution is -0.387. The number of hydrazone groups is 1. The Balaban J connectivity index is 1.46. The molecule has 0 unspecified atom stereocenters. The van der Waals surface area contributed by atoms with Crippen LogP contribution in [0.1, 0.15) is 5.56 Å². The Hall–Kier alpha value is -3.01. The molecule has 1 heterocycles. The van der Waals surface area contributed by atoms with Gasteiger partial charge in [-0.25, -0.2) is 4.98 Å². The standard InChI is InChI=1S/C22H15BrN4O2S2/c23-17-7-9-18(10-8-17)31-21-11-6-15(12-20(21)27(28)29)13-24-26-22-25-19(14-30-22)16-4-2-1-3-5-16/h1-14H,(H,25,26). The van der Waals surface area contributed by atoms with E-state index >= 15 is 0 Å². The van der Waals surface area contributed by atoms with Crippen molar-refractivity contribution in [3.05, 3.63) is 98.3 Å². The molecular weight excluding hydrogens is 496 g/mol. The highest BCUT2D eigenvalue weighted by Crippen LogP contribution is 2.35. The fourth-order valence-electron chi connectivity index (χ4n) is 2.70. The Labute approximate surface area is 195 Å². The van der Waals surface area contributed by atoms with Crippen LogP contribution in [0.25, 0.3) is 11.3 Å². The van der Waals surface area contributed by atoms with Gasteiger partial charge in [-0.2, -0.15) is 5.10 Å². The summed E-state index contributed by atoms with van der Waals surface area (Å²) in [5.74, 6) is 0. The Morgan fingerprint density at radius 2 is 1.87 bits per heavy atom. The topological polar surface area (TPSA) is 80.4 Å². The van der Waals surface area contributed by atoms with Crippen LogP contribution in [0.2, 0.25) is 0 Å². The number of nitrogens with one attached hydrogen (secondary N) is 1. The van der Waals surface area contributed by atoms with Crippen LogP contribution in [0.15, 0.2) is 97.5 Å². The Morgan fingerprint density at radius 3 is 2.61 bits per heavy atom. The van der Waals surface area contributed by atoms with E-state index in [1.165, 1.54) is 29.2 Å². The first kappa shape index (κ1) is 21.2. The number of anilines is 1. The number of hydrogen-bond acceptors (Lipinski definition) is 7. The van der Waals surface area contributed by atoms with Gasteiger partial charge in [-0.15, -0.1) is 11.3 Å². The number of nitro groups is 1. The second-order valence-electron chi connectivity index (χ2n) is 6.31. The molecule has 0 aliphatic carbocycles. The van der Waals surface area contributed by atoms with Crippen LogP contribution < -0.4 is 5.43 Å². The first-order chi connectivity index (χ1) is 15.1. The van der Waals surface area contributed by atoms with E-state index in [1.807, 2.05) is 60.0 Å². The third kappa shape index (κ3) is 5.57. The van der Waals surface area contributed by atoms with Crippen LogP contribution in [0.3, 0.4) is 0 Å². The quantitative estimate of drug-likeness (QED) is 0.163. The predicted molar refractivity (Wildman–Crippen MR) is 130 cm³/mol. The minimum absolute atomic E-state index is 0.0393. The monoisotopic (exact) mass is 510 g/mol. The van der Waals surface area contributed by atoms with Gasteiger partial charge in [-0.3, -0.25) is 15.5 Å². The first-order valence-electron chi connectivity index (χ1n) is 9.10. The lowest BCUT2D eigenvalue weighted by Gasteiger charge is -2.04. The summed E-state index contributed by atoms with van der Waals surface area (Å²) in [6, 6.07) is 22.6. The maximum Gasteiger partial charge on any atom is 0.283 e. The average molecular weight is 511 g/mol. The molecule has 0 saturated heterocycles. The zero-order chi connectivity index (χ0) is 21.6. The number of benzene rings is 3. The molecule has 31 heavy (non-hydrogen) atoms. The summed E-state index contributed by atoms with van der Waals surface area (Å²) >= 11 is 6.18. The molecule has 0 radical (unpaired) electrons. The third-order valence-electron chi connectivity index (χ3n) is 4.17. The predicted octanol–water partition coefficient (Wildman–Crippen LogP) is 7.08. The zero-order valence-corrected chi connectivity index (χ0v) is 19.2. The Morgan fingerprint density at radius 1 is 1.10 bits per heavy atom. The fourth-order valence-corrected chi connectivity index (χ4v) is 4.53. The molecule has 0 bridgehead atoms. The van der Waals surface area contributed by atoms with Crippen molar-refractivity contribution in [3.63, 3.8) is 0 Å². The second kappa shape index (κ2) is 9.86. The van der Waals surface area contributed by atoms with Gasteiger partial charge in [0.05, 0.1) is 21.7 Å². The largest absolute Gasteiger partial charge is 0.283 e. The number of halogens is 1. The molecule has 0 fully saturated rings. The van der Waals surface area contributed by atoms with E-state index in [2.05, 4.69) is 31.4 Å². The highest BCUT2D eigenvalue weighted by molar-refractivity contribution is 9.10. The lowest BCUT2D eigenvalue weighted by Crippen LogP contribution is -1.95. The second-order valence-corrected chi connectivity index (χ2v) is 9.20. The number of nitro benzene ring substituents is 1. The Kier molecular flexibility index (Phi) is 6.76. The summed E-state index contributed by atoms with van der Waals surface area (Å²) < 4.78 is 0.960. The molecule has 1 N–H and O–H groups in total. The van der Waals surface area contributed by atoms with Gasteiger partial charge in [0, 0.05) is 31.9 Å². The molecule has 3 aromatic carbocycles. The Bertz CT molecular complexity index is 1230. The fraction of sp³-hybridized carbons (Fsp3) is 0. The third-order valence-corrected chi connectivity index (χ3v) is 6.52. The molecule has 9 heteroatoms. The number of nitrogens with zero attached hydrogens (tertiary/aromatic N) is 3. The van der Waals surface area contributed by atoms with E-state index in [9.17, 15) is 10.1 Å². The van der Waals surface area contributed by atoms with Crippen LogP contribution in [-0.2, 0) is 0 Å². The van der Waals surface area contributed by atoms with Crippen molar-refractivity contribution in [2.45, 2.75) is 9.79 Å². The molecule has 0 aliphatic heterocycles. The number of aromatic nitrogens is 1. The van der Waals surface area contributed by atoms with E-state index in [-0.39, 0.29) is 10.6 Å². The van der Waals surface area contributed by atoms with Gasteiger partial charge in [0.1, 0.15) is 0 Å². The summed E-state index contributed by atoms with van der Waals surface area (Å²) in [5, 5.41) is 18.3. The minimum Gasteiger partial charge on any atom is -0.258 e. The summed E-state index contributed by atoms with van der Waals surface area (Å²) in [6.45, 7) is 0. The molecule has 4 aromatic rings. The van der Waals surface area contributed by atoms with Gasteiger partial charge in [-0.1, -0.05) is 64.1 Å². The van der Waals surface area contributed by atoms with E-state index in [4.69, 9.17) is 0 Å². The average Bonchev–Trinajstić information content (AvgIpc) is 3.26. The van der Waals surface area contributed by atoms with Crippen molar-refractivity contribution in [1.82, 2.24) is 4.98 Å². The molecule has 0 atom stereocenters. The molecule has 6 nitrogen and oxygen atoms in total. The molecule has 4 rings (SSSR count). The van der Waals surface area contributed by atoms with Crippen molar-refractivity contribution < 1.29 is 4.92 Å². The van der Waals surface area contributed by atoms with Gasteiger partial charge in [-0.05, 0) is 30.3 Å². The molecule has 0 saturated carbocycles. The molecular formula is C22H15BrN4O2S2. The smallest absolute Gasteiger partial charge is 0.258 e. The summed E-state index contributed by atoms with van der Waals surface area (Å²) in [6.07, 6.45) is 1.55. The summed E-state index contributed by atoms with van der Waals surface area (Å²) in [5.41, 5.74) is 5.45. The molecule has 0 amide bonds. The van der Waals surface area contributed by atoms with Gasteiger partial charge in [0.25, 0.3) is 5.69 Å².